The molecule has 0 aliphatic carbocycles. The Kier molecular flexibility index (Phi) is 6.17. The van der Waals surface area contributed by atoms with Crippen LogP contribution in [0.5, 0.6) is 0 Å². The Labute approximate surface area is 151 Å². The Hall–Kier alpha value is -2.48. The zero-order chi connectivity index (χ0) is 18.4. The van der Waals surface area contributed by atoms with E-state index in [0.717, 1.165) is 0 Å². The smallest absolute Gasteiger partial charge is 0.319 e. The summed E-state index contributed by atoms with van der Waals surface area (Å²) in [7, 11) is 0. The summed E-state index contributed by atoms with van der Waals surface area (Å²) in [6, 6.07) is 14.9. The second-order valence-corrected chi connectivity index (χ2v) is 6.14. The molecule has 0 saturated carbocycles. The number of halogens is 1. The molecule has 0 unspecified atom stereocenters. The van der Waals surface area contributed by atoms with E-state index in [1.807, 2.05) is 18.2 Å². The maximum Gasteiger partial charge on any atom is 0.319 e. The molecule has 138 valence electrons. The maximum absolute atomic E-state index is 13.6. The van der Waals surface area contributed by atoms with Gasteiger partial charge in [-0.1, -0.05) is 36.4 Å². The molecular formula is C19H22FN3O3. The summed E-state index contributed by atoms with van der Waals surface area (Å²) in [5.74, 6) is -0.288. The highest BCUT2D eigenvalue weighted by Gasteiger charge is 2.35. The number of anilines is 1. The molecule has 2 aromatic carbocycles. The van der Waals surface area contributed by atoms with Gasteiger partial charge in [0.2, 0.25) is 0 Å². The zero-order valence-electron chi connectivity index (χ0n) is 14.2. The van der Waals surface area contributed by atoms with Crippen LogP contribution < -0.4 is 16.0 Å². The number of aliphatic hydroxyl groups excluding tert-OH is 1. The number of para-hydroxylation sites is 1. The Morgan fingerprint density at radius 2 is 1.88 bits per heavy atom. The number of benzene rings is 2. The lowest BCUT2D eigenvalue weighted by Crippen LogP contribution is -2.45. The van der Waals surface area contributed by atoms with Gasteiger partial charge in [-0.3, -0.25) is 0 Å². The topological polar surface area (TPSA) is 82.6 Å². The normalized spacial score (nSPS) is 22.2. The third-order valence-electron chi connectivity index (χ3n) is 4.29. The first-order chi connectivity index (χ1) is 12.6. The van der Waals surface area contributed by atoms with Crippen LogP contribution in [0, 0.1) is 5.82 Å². The summed E-state index contributed by atoms with van der Waals surface area (Å²) in [5.41, 5.74) is 1.21. The van der Waals surface area contributed by atoms with Crippen LogP contribution in [-0.2, 0) is 11.3 Å². The van der Waals surface area contributed by atoms with Crippen molar-refractivity contribution in [3.05, 3.63) is 66.0 Å². The molecule has 0 aromatic heterocycles. The number of carbonyl (C=O) groups excluding carboxylic acids is 1. The standard InChI is InChI=1S/C19H22FN3O3/c20-15-9-5-4-6-13(15)10-21-16-12-26-17(18(16)24)11-22-19(25)23-14-7-2-1-3-8-14/h1-9,16-18,21,24H,10-12H2,(H2,22,23,25)/t16-,17-,18+/m1/s1. The van der Waals surface area contributed by atoms with Crippen LogP contribution in [0.25, 0.3) is 0 Å². The molecule has 0 bridgehead atoms. The first kappa shape index (κ1) is 18.3. The molecule has 0 radical (unpaired) electrons. The molecule has 3 atom stereocenters. The van der Waals surface area contributed by atoms with Crippen molar-refractivity contribution in [2.45, 2.75) is 24.8 Å². The Morgan fingerprint density at radius 3 is 2.65 bits per heavy atom. The second kappa shape index (κ2) is 8.75. The SMILES string of the molecule is O=C(NC[C@H]1OC[C@@H](NCc2ccccc2F)[C@@H]1O)Nc1ccccc1. The monoisotopic (exact) mass is 359 g/mol. The Balaban J connectivity index is 1.43. The fraction of sp³-hybridized carbons (Fsp3) is 0.316. The van der Waals surface area contributed by atoms with Crippen molar-refractivity contribution in [1.29, 1.82) is 0 Å². The number of rotatable bonds is 6. The minimum Gasteiger partial charge on any atom is -0.389 e. The minimum absolute atomic E-state index is 0.178. The number of hydrogen-bond donors (Lipinski definition) is 4. The van der Waals surface area contributed by atoms with Gasteiger partial charge in [-0.2, -0.15) is 0 Å². The molecule has 1 heterocycles. The number of amides is 2. The van der Waals surface area contributed by atoms with Crippen molar-refractivity contribution in [1.82, 2.24) is 10.6 Å². The molecule has 1 aliphatic heterocycles. The third-order valence-corrected chi connectivity index (χ3v) is 4.29. The number of nitrogens with one attached hydrogen (secondary N) is 3. The summed E-state index contributed by atoms with van der Waals surface area (Å²) < 4.78 is 19.2. The van der Waals surface area contributed by atoms with E-state index < -0.39 is 12.2 Å². The highest BCUT2D eigenvalue weighted by Crippen LogP contribution is 2.15. The van der Waals surface area contributed by atoms with Crippen molar-refractivity contribution in [2.75, 3.05) is 18.5 Å². The first-order valence-corrected chi connectivity index (χ1v) is 8.50. The van der Waals surface area contributed by atoms with Gasteiger partial charge >= 0.3 is 6.03 Å². The molecule has 1 saturated heterocycles. The van der Waals surface area contributed by atoms with Crippen molar-refractivity contribution in [3.63, 3.8) is 0 Å². The summed E-state index contributed by atoms with van der Waals surface area (Å²) >= 11 is 0. The number of ether oxygens (including phenoxy) is 1. The lowest BCUT2D eigenvalue weighted by molar-refractivity contribution is 0.0428. The molecular weight excluding hydrogens is 337 g/mol. The van der Waals surface area contributed by atoms with Gasteiger partial charge in [-0.15, -0.1) is 0 Å². The molecule has 0 spiro atoms. The second-order valence-electron chi connectivity index (χ2n) is 6.14. The Morgan fingerprint density at radius 1 is 1.15 bits per heavy atom. The lowest BCUT2D eigenvalue weighted by atomic mass is 10.1. The van der Waals surface area contributed by atoms with E-state index >= 15 is 0 Å². The lowest BCUT2D eigenvalue weighted by Gasteiger charge is -2.19. The van der Waals surface area contributed by atoms with Gasteiger partial charge < -0.3 is 25.8 Å². The van der Waals surface area contributed by atoms with E-state index in [1.165, 1.54) is 6.07 Å². The van der Waals surface area contributed by atoms with Crippen molar-refractivity contribution >= 4 is 11.7 Å². The molecule has 1 fully saturated rings. The van der Waals surface area contributed by atoms with Gasteiger partial charge in [-0.05, 0) is 18.2 Å². The molecule has 7 heteroatoms. The molecule has 1 aliphatic rings. The van der Waals surface area contributed by atoms with E-state index in [1.54, 1.807) is 30.3 Å². The van der Waals surface area contributed by atoms with Crippen LogP contribution >= 0.6 is 0 Å². The average Bonchev–Trinajstić information content (AvgIpc) is 3.00. The summed E-state index contributed by atoms with van der Waals surface area (Å²) in [4.78, 5) is 11.9. The number of hydrogen-bond acceptors (Lipinski definition) is 4. The molecule has 4 N–H and O–H groups in total. The molecule has 2 amide bonds. The van der Waals surface area contributed by atoms with Crippen LogP contribution in [0.4, 0.5) is 14.9 Å². The van der Waals surface area contributed by atoms with Gasteiger partial charge in [0.1, 0.15) is 11.9 Å². The highest BCUT2D eigenvalue weighted by molar-refractivity contribution is 5.89. The van der Waals surface area contributed by atoms with Gasteiger partial charge in [0.15, 0.2) is 0 Å². The predicted molar refractivity (Wildman–Crippen MR) is 96.2 cm³/mol. The number of urea groups is 1. The van der Waals surface area contributed by atoms with Crippen molar-refractivity contribution in [3.8, 4) is 0 Å². The van der Waals surface area contributed by atoms with Gasteiger partial charge in [-0.25, -0.2) is 9.18 Å². The number of aliphatic hydroxyl groups is 1. The quantitative estimate of drug-likeness (QED) is 0.635. The van der Waals surface area contributed by atoms with Gasteiger partial charge in [0.25, 0.3) is 0 Å². The van der Waals surface area contributed by atoms with E-state index in [9.17, 15) is 14.3 Å². The summed E-state index contributed by atoms with van der Waals surface area (Å²) in [5, 5.41) is 18.8. The third kappa shape index (κ3) is 4.78. The van der Waals surface area contributed by atoms with Gasteiger partial charge in [0, 0.05) is 24.3 Å². The average molecular weight is 359 g/mol. The van der Waals surface area contributed by atoms with Gasteiger partial charge in [0.05, 0.1) is 18.8 Å². The van der Waals surface area contributed by atoms with E-state index in [0.29, 0.717) is 24.4 Å². The minimum atomic E-state index is -0.793. The van der Waals surface area contributed by atoms with Crippen molar-refractivity contribution in [2.24, 2.45) is 0 Å². The van der Waals surface area contributed by atoms with Crippen molar-refractivity contribution < 1.29 is 19.0 Å². The molecule has 26 heavy (non-hydrogen) atoms. The van der Waals surface area contributed by atoms with Crippen LogP contribution in [0.3, 0.4) is 0 Å². The molecule has 3 rings (SSSR count). The first-order valence-electron chi connectivity index (χ1n) is 8.50. The van der Waals surface area contributed by atoms with E-state index in [4.69, 9.17) is 4.74 Å². The van der Waals surface area contributed by atoms with Crippen LogP contribution in [0.15, 0.2) is 54.6 Å². The fourth-order valence-corrected chi connectivity index (χ4v) is 2.82. The van der Waals surface area contributed by atoms with E-state index in [2.05, 4.69) is 16.0 Å². The fourth-order valence-electron chi connectivity index (χ4n) is 2.82. The van der Waals surface area contributed by atoms with Crippen LogP contribution in [-0.4, -0.2) is 42.5 Å². The zero-order valence-corrected chi connectivity index (χ0v) is 14.2. The summed E-state index contributed by atoms with van der Waals surface area (Å²) in [6.07, 6.45) is -1.31. The summed E-state index contributed by atoms with van der Waals surface area (Å²) in [6.45, 7) is 0.770. The molecule has 6 nitrogen and oxygen atoms in total. The largest absolute Gasteiger partial charge is 0.389 e. The van der Waals surface area contributed by atoms with Crippen LogP contribution in [0.1, 0.15) is 5.56 Å². The van der Waals surface area contributed by atoms with E-state index in [-0.39, 0.29) is 24.4 Å². The number of carbonyl (C=O) groups is 1. The maximum atomic E-state index is 13.6. The van der Waals surface area contributed by atoms with Crippen LogP contribution in [0.2, 0.25) is 0 Å². The predicted octanol–water partition coefficient (Wildman–Crippen LogP) is 1.87. The Bertz CT molecular complexity index is 729. The molecule has 2 aromatic rings. The highest BCUT2D eigenvalue weighted by atomic mass is 19.1.